The molecule has 5 nitrogen and oxygen atoms in total. The molecule has 0 saturated heterocycles. The molecule has 0 aromatic carbocycles. The number of hydrogen-bond donors (Lipinski definition) is 1. The maximum absolute atomic E-state index is 11.3. The van der Waals surface area contributed by atoms with Gasteiger partial charge in [-0.15, -0.1) is 0 Å². The molecule has 0 fully saturated rings. The highest BCUT2D eigenvalue weighted by Crippen LogP contribution is 2.10. The van der Waals surface area contributed by atoms with E-state index < -0.39 is 5.97 Å². The molecule has 112 valence electrons. The lowest BCUT2D eigenvalue weighted by molar-refractivity contribution is 0.0587. The van der Waals surface area contributed by atoms with Crippen LogP contribution in [-0.4, -0.2) is 29.6 Å². The van der Waals surface area contributed by atoms with E-state index in [9.17, 15) is 4.79 Å². The first kappa shape index (κ1) is 16.4. The lowest BCUT2D eigenvalue weighted by Crippen LogP contribution is -2.10. The number of aromatic nitrogens is 2. The van der Waals surface area contributed by atoms with Crippen molar-refractivity contribution in [1.29, 1.82) is 0 Å². The third-order valence-corrected chi connectivity index (χ3v) is 3.04. The summed E-state index contributed by atoms with van der Waals surface area (Å²) in [4.78, 5) is 19.3. The van der Waals surface area contributed by atoms with Crippen molar-refractivity contribution in [2.24, 2.45) is 5.92 Å². The van der Waals surface area contributed by atoms with E-state index in [1.807, 2.05) is 0 Å². The van der Waals surface area contributed by atoms with Crippen LogP contribution in [0.25, 0.3) is 0 Å². The van der Waals surface area contributed by atoms with Crippen LogP contribution in [0.4, 0.5) is 5.82 Å². The molecular formula is C15H25N3O2. The second kappa shape index (κ2) is 9.28. The van der Waals surface area contributed by atoms with Gasteiger partial charge in [0, 0.05) is 12.7 Å². The minimum absolute atomic E-state index is 0.0921. The van der Waals surface area contributed by atoms with Crippen molar-refractivity contribution in [2.45, 2.75) is 46.0 Å². The van der Waals surface area contributed by atoms with Gasteiger partial charge in [-0.3, -0.25) is 0 Å². The first-order valence-corrected chi connectivity index (χ1v) is 7.28. The van der Waals surface area contributed by atoms with Crippen LogP contribution in [-0.2, 0) is 4.74 Å². The fourth-order valence-corrected chi connectivity index (χ4v) is 1.89. The molecule has 0 aliphatic rings. The molecule has 0 radical (unpaired) electrons. The van der Waals surface area contributed by atoms with Crippen molar-refractivity contribution in [1.82, 2.24) is 9.97 Å². The summed E-state index contributed by atoms with van der Waals surface area (Å²) < 4.78 is 4.59. The average molecular weight is 279 g/mol. The maximum Gasteiger partial charge on any atom is 0.376 e. The Balaban J connectivity index is 2.20. The predicted octanol–water partition coefficient (Wildman–Crippen LogP) is 3.28. The molecule has 0 unspecified atom stereocenters. The summed E-state index contributed by atoms with van der Waals surface area (Å²) in [5, 5.41) is 3.20. The zero-order valence-electron chi connectivity index (χ0n) is 12.7. The molecule has 1 aromatic rings. The van der Waals surface area contributed by atoms with E-state index in [4.69, 9.17) is 0 Å². The quantitative estimate of drug-likeness (QED) is 0.555. The minimum atomic E-state index is -0.512. The molecular weight excluding hydrogens is 254 g/mol. The highest BCUT2D eigenvalue weighted by molar-refractivity contribution is 5.85. The number of carbonyl (C=O) groups is 1. The van der Waals surface area contributed by atoms with E-state index in [2.05, 4.69) is 33.9 Å². The van der Waals surface area contributed by atoms with E-state index in [1.165, 1.54) is 32.8 Å². The van der Waals surface area contributed by atoms with Crippen molar-refractivity contribution in [3.63, 3.8) is 0 Å². The Bertz CT molecular complexity index is 408. The summed E-state index contributed by atoms with van der Waals surface area (Å²) in [6.07, 6.45) is 7.77. The van der Waals surface area contributed by atoms with Gasteiger partial charge in [0.15, 0.2) is 0 Å². The number of methoxy groups -OCH3 is 1. The van der Waals surface area contributed by atoms with Gasteiger partial charge in [0.2, 0.25) is 5.82 Å². The van der Waals surface area contributed by atoms with Crippen LogP contribution in [0.15, 0.2) is 12.3 Å². The number of esters is 1. The molecule has 0 saturated carbocycles. The molecule has 1 rings (SSSR count). The highest BCUT2D eigenvalue weighted by atomic mass is 16.5. The maximum atomic E-state index is 11.3. The fourth-order valence-electron chi connectivity index (χ4n) is 1.89. The summed E-state index contributed by atoms with van der Waals surface area (Å²) in [5.74, 6) is 1.05. The second-order valence-corrected chi connectivity index (χ2v) is 5.28. The van der Waals surface area contributed by atoms with Gasteiger partial charge in [-0.05, 0) is 18.4 Å². The number of rotatable bonds is 9. The van der Waals surface area contributed by atoms with Gasteiger partial charge < -0.3 is 10.1 Å². The topological polar surface area (TPSA) is 64.1 Å². The number of carbonyl (C=O) groups excluding carboxylic acids is 1. The lowest BCUT2D eigenvalue weighted by Gasteiger charge is -2.07. The van der Waals surface area contributed by atoms with Gasteiger partial charge in [-0.25, -0.2) is 14.8 Å². The van der Waals surface area contributed by atoms with Gasteiger partial charge in [-0.1, -0.05) is 39.5 Å². The Morgan fingerprint density at radius 1 is 1.30 bits per heavy atom. The lowest BCUT2D eigenvalue weighted by atomic mass is 10.0. The molecule has 0 aliphatic heterocycles. The molecule has 0 atom stereocenters. The number of hydrogen-bond acceptors (Lipinski definition) is 5. The minimum Gasteiger partial charge on any atom is -0.463 e. The van der Waals surface area contributed by atoms with Gasteiger partial charge in [0.25, 0.3) is 0 Å². The van der Waals surface area contributed by atoms with E-state index in [1.54, 1.807) is 12.3 Å². The van der Waals surface area contributed by atoms with Crippen molar-refractivity contribution >= 4 is 11.8 Å². The standard InChI is InChI=1S/C15H25N3O2/c1-12(2)8-6-4-5-7-10-16-13-9-11-17-14(18-13)15(19)20-3/h9,11-12H,4-8,10H2,1-3H3,(H,16,17,18). The van der Waals surface area contributed by atoms with E-state index in [0.717, 1.165) is 18.9 Å². The van der Waals surface area contributed by atoms with E-state index in [0.29, 0.717) is 5.82 Å². The number of nitrogens with one attached hydrogen (secondary N) is 1. The number of ether oxygens (including phenoxy) is 1. The Morgan fingerprint density at radius 2 is 2.05 bits per heavy atom. The molecule has 1 N–H and O–H groups in total. The third-order valence-electron chi connectivity index (χ3n) is 3.04. The molecule has 0 aliphatic carbocycles. The molecule has 0 bridgehead atoms. The largest absolute Gasteiger partial charge is 0.463 e. The smallest absolute Gasteiger partial charge is 0.376 e. The van der Waals surface area contributed by atoms with E-state index >= 15 is 0 Å². The summed E-state index contributed by atoms with van der Waals surface area (Å²) in [6.45, 7) is 5.38. The van der Waals surface area contributed by atoms with Gasteiger partial charge in [-0.2, -0.15) is 0 Å². The Labute approximate surface area is 121 Å². The first-order chi connectivity index (χ1) is 9.63. The zero-order valence-corrected chi connectivity index (χ0v) is 12.7. The molecule has 1 aromatic heterocycles. The Kier molecular flexibility index (Phi) is 7.62. The molecule has 0 amide bonds. The second-order valence-electron chi connectivity index (χ2n) is 5.28. The number of nitrogens with zero attached hydrogens (tertiary/aromatic N) is 2. The molecule has 20 heavy (non-hydrogen) atoms. The fraction of sp³-hybridized carbons (Fsp3) is 0.667. The zero-order chi connectivity index (χ0) is 14.8. The van der Waals surface area contributed by atoms with Crippen LogP contribution < -0.4 is 5.32 Å². The van der Waals surface area contributed by atoms with Crippen molar-refractivity contribution in [3.05, 3.63) is 18.1 Å². The SMILES string of the molecule is COC(=O)c1nccc(NCCCCCCC(C)C)n1. The van der Waals surface area contributed by atoms with Crippen LogP contribution in [0, 0.1) is 5.92 Å². The summed E-state index contributed by atoms with van der Waals surface area (Å²) >= 11 is 0. The number of anilines is 1. The molecule has 1 heterocycles. The van der Waals surface area contributed by atoms with Gasteiger partial charge >= 0.3 is 5.97 Å². The predicted molar refractivity (Wildman–Crippen MR) is 79.8 cm³/mol. The third kappa shape index (κ3) is 6.50. The van der Waals surface area contributed by atoms with Crippen LogP contribution >= 0.6 is 0 Å². The van der Waals surface area contributed by atoms with Crippen molar-refractivity contribution in [2.75, 3.05) is 19.0 Å². The first-order valence-electron chi connectivity index (χ1n) is 7.28. The van der Waals surface area contributed by atoms with Gasteiger partial charge in [0.1, 0.15) is 5.82 Å². The Morgan fingerprint density at radius 3 is 2.75 bits per heavy atom. The van der Waals surface area contributed by atoms with Crippen LogP contribution in [0.2, 0.25) is 0 Å². The van der Waals surface area contributed by atoms with E-state index in [-0.39, 0.29) is 5.82 Å². The monoisotopic (exact) mass is 279 g/mol. The Hall–Kier alpha value is -1.65. The van der Waals surface area contributed by atoms with Crippen molar-refractivity contribution in [3.8, 4) is 0 Å². The summed E-state index contributed by atoms with van der Waals surface area (Å²) in [5.41, 5.74) is 0. The normalized spacial score (nSPS) is 10.6. The summed E-state index contributed by atoms with van der Waals surface area (Å²) in [6, 6.07) is 1.76. The molecule has 5 heteroatoms. The van der Waals surface area contributed by atoms with Crippen LogP contribution in [0.3, 0.4) is 0 Å². The summed E-state index contributed by atoms with van der Waals surface area (Å²) in [7, 11) is 1.32. The van der Waals surface area contributed by atoms with Crippen LogP contribution in [0.5, 0.6) is 0 Å². The molecule has 0 spiro atoms. The van der Waals surface area contributed by atoms with Gasteiger partial charge in [0.05, 0.1) is 7.11 Å². The number of unbranched alkanes of at least 4 members (excludes halogenated alkanes) is 3. The van der Waals surface area contributed by atoms with Crippen molar-refractivity contribution < 1.29 is 9.53 Å². The average Bonchev–Trinajstić information content (AvgIpc) is 2.45. The highest BCUT2D eigenvalue weighted by Gasteiger charge is 2.08. The van der Waals surface area contributed by atoms with Crippen LogP contribution in [0.1, 0.15) is 56.6 Å².